The molecule has 0 radical (unpaired) electrons. The smallest absolute Gasteiger partial charge is 0.122 e. The standard InChI is InChI=1S/C14H20O3S/c1-14(5-4-6-18-14)13(15)10-7-11(16-2)9-12(8-10)17-3/h7-9,13,15H,4-6H2,1-3H3. The molecule has 3 nitrogen and oxygen atoms in total. The van der Waals surface area contributed by atoms with Crippen molar-refractivity contribution in [1.29, 1.82) is 0 Å². The van der Waals surface area contributed by atoms with Gasteiger partial charge in [-0.3, -0.25) is 0 Å². The van der Waals surface area contributed by atoms with Crippen LogP contribution in [0.3, 0.4) is 0 Å². The molecule has 0 saturated carbocycles. The van der Waals surface area contributed by atoms with E-state index in [4.69, 9.17) is 9.47 Å². The highest BCUT2D eigenvalue weighted by molar-refractivity contribution is 8.00. The number of aliphatic hydroxyl groups excluding tert-OH is 1. The molecule has 0 aromatic heterocycles. The van der Waals surface area contributed by atoms with Crippen LogP contribution in [-0.2, 0) is 0 Å². The van der Waals surface area contributed by atoms with Crippen molar-refractivity contribution >= 4 is 11.8 Å². The minimum Gasteiger partial charge on any atom is -0.497 e. The second kappa shape index (κ2) is 5.41. The largest absolute Gasteiger partial charge is 0.497 e. The predicted octanol–water partition coefficient (Wildman–Crippen LogP) is 3.02. The highest BCUT2D eigenvalue weighted by Crippen LogP contribution is 2.47. The summed E-state index contributed by atoms with van der Waals surface area (Å²) in [4.78, 5) is 0. The molecule has 4 heteroatoms. The van der Waals surface area contributed by atoms with Crippen molar-refractivity contribution in [2.24, 2.45) is 0 Å². The van der Waals surface area contributed by atoms with Gasteiger partial charge in [0.2, 0.25) is 0 Å². The fourth-order valence-corrected chi connectivity index (χ4v) is 3.69. The Morgan fingerprint density at radius 2 is 1.83 bits per heavy atom. The number of hydrogen-bond acceptors (Lipinski definition) is 4. The molecule has 0 bridgehead atoms. The molecule has 18 heavy (non-hydrogen) atoms. The molecule has 1 fully saturated rings. The summed E-state index contributed by atoms with van der Waals surface area (Å²) in [5.74, 6) is 2.55. The highest BCUT2D eigenvalue weighted by atomic mass is 32.2. The van der Waals surface area contributed by atoms with E-state index in [-0.39, 0.29) is 4.75 Å². The molecule has 0 spiro atoms. The van der Waals surface area contributed by atoms with E-state index in [1.165, 1.54) is 6.42 Å². The zero-order chi connectivity index (χ0) is 13.2. The first kappa shape index (κ1) is 13.6. The average Bonchev–Trinajstić information content (AvgIpc) is 2.85. The van der Waals surface area contributed by atoms with Crippen LogP contribution in [-0.4, -0.2) is 29.8 Å². The van der Waals surface area contributed by atoms with Crippen LogP contribution in [0.25, 0.3) is 0 Å². The van der Waals surface area contributed by atoms with E-state index in [0.29, 0.717) is 0 Å². The molecule has 0 aliphatic carbocycles. The van der Waals surface area contributed by atoms with Crippen molar-refractivity contribution in [2.45, 2.75) is 30.6 Å². The fraction of sp³-hybridized carbons (Fsp3) is 0.571. The second-order valence-electron chi connectivity index (χ2n) is 4.81. The van der Waals surface area contributed by atoms with Crippen LogP contribution in [0.1, 0.15) is 31.4 Å². The molecule has 2 atom stereocenters. The summed E-state index contributed by atoms with van der Waals surface area (Å²) in [7, 11) is 3.24. The molecular formula is C14H20O3S. The predicted molar refractivity (Wildman–Crippen MR) is 74.6 cm³/mol. The van der Waals surface area contributed by atoms with Crippen LogP contribution in [0.4, 0.5) is 0 Å². The Kier molecular flexibility index (Phi) is 4.07. The summed E-state index contributed by atoms with van der Waals surface area (Å²) < 4.78 is 10.4. The number of rotatable bonds is 4. The second-order valence-corrected chi connectivity index (χ2v) is 6.44. The summed E-state index contributed by atoms with van der Waals surface area (Å²) in [5.41, 5.74) is 0.864. The van der Waals surface area contributed by atoms with Crippen molar-refractivity contribution in [1.82, 2.24) is 0 Å². The average molecular weight is 268 g/mol. The number of aliphatic hydroxyl groups is 1. The lowest BCUT2D eigenvalue weighted by Crippen LogP contribution is -2.26. The molecule has 1 aromatic carbocycles. The fourth-order valence-electron chi connectivity index (χ4n) is 2.36. The van der Waals surface area contributed by atoms with Gasteiger partial charge in [0, 0.05) is 10.8 Å². The molecule has 1 aliphatic heterocycles. The summed E-state index contributed by atoms with van der Waals surface area (Å²) in [6, 6.07) is 5.59. The van der Waals surface area contributed by atoms with E-state index in [1.54, 1.807) is 14.2 Å². The zero-order valence-electron chi connectivity index (χ0n) is 11.1. The molecule has 1 aromatic rings. The SMILES string of the molecule is COc1cc(OC)cc(C(O)C2(C)CCCS2)c1. The quantitative estimate of drug-likeness (QED) is 0.911. The van der Waals surface area contributed by atoms with Crippen LogP contribution in [0.5, 0.6) is 11.5 Å². The van der Waals surface area contributed by atoms with E-state index >= 15 is 0 Å². The Bertz CT molecular complexity index is 391. The summed E-state index contributed by atoms with van der Waals surface area (Å²) in [6.07, 6.45) is 1.71. The molecule has 1 aliphatic rings. The van der Waals surface area contributed by atoms with Gasteiger partial charge in [-0.1, -0.05) is 0 Å². The molecule has 100 valence electrons. The maximum absolute atomic E-state index is 10.6. The maximum atomic E-state index is 10.6. The Morgan fingerprint density at radius 1 is 1.22 bits per heavy atom. The zero-order valence-corrected chi connectivity index (χ0v) is 11.9. The van der Waals surface area contributed by atoms with Crippen LogP contribution in [0, 0.1) is 0 Å². The number of hydrogen-bond donors (Lipinski definition) is 1. The number of methoxy groups -OCH3 is 2. The molecule has 2 rings (SSSR count). The van der Waals surface area contributed by atoms with Crippen molar-refractivity contribution in [3.8, 4) is 11.5 Å². The van der Waals surface area contributed by atoms with Gasteiger partial charge >= 0.3 is 0 Å². The van der Waals surface area contributed by atoms with Gasteiger partial charge in [0.05, 0.1) is 20.3 Å². The molecule has 1 N–H and O–H groups in total. The van der Waals surface area contributed by atoms with Gasteiger partial charge in [0.15, 0.2) is 0 Å². The Labute approximate surface area is 112 Å². The first-order chi connectivity index (χ1) is 8.59. The van der Waals surface area contributed by atoms with Gasteiger partial charge in [0.25, 0.3) is 0 Å². The third-order valence-corrected chi connectivity index (χ3v) is 5.10. The number of thioether (sulfide) groups is 1. The van der Waals surface area contributed by atoms with Gasteiger partial charge in [0.1, 0.15) is 11.5 Å². The van der Waals surface area contributed by atoms with Gasteiger partial charge in [-0.05, 0) is 43.2 Å². The molecule has 2 unspecified atom stereocenters. The normalized spacial score (nSPS) is 24.9. The first-order valence-electron chi connectivity index (χ1n) is 6.14. The summed E-state index contributed by atoms with van der Waals surface area (Å²) >= 11 is 1.84. The molecule has 1 heterocycles. The molecule has 0 amide bonds. The lowest BCUT2D eigenvalue weighted by molar-refractivity contribution is 0.134. The Hall–Kier alpha value is -0.870. The van der Waals surface area contributed by atoms with Crippen LogP contribution >= 0.6 is 11.8 Å². The van der Waals surface area contributed by atoms with E-state index in [1.807, 2.05) is 30.0 Å². The van der Waals surface area contributed by atoms with Crippen molar-refractivity contribution in [3.63, 3.8) is 0 Å². The van der Waals surface area contributed by atoms with Gasteiger partial charge in [-0.2, -0.15) is 11.8 Å². The van der Waals surface area contributed by atoms with E-state index in [2.05, 4.69) is 6.92 Å². The van der Waals surface area contributed by atoms with E-state index in [0.717, 1.165) is 29.2 Å². The van der Waals surface area contributed by atoms with Crippen molar-refractivity contribution in [2.75, 3.05) is 20.0 Å². The first-order valence-corrected chi connectivity index (χ1v) is 7.12. The molecule has 1 saturated heterocycles. The number of ether oxygens (including phenoxy) is 2. The third kappa shape index (κ3) is 2.59. The van der Waals surface area contributed by atoms with Crippen molar-refractivity contribution < 1.29 is 14.6 Å². The number of benzene rings is 1. The summed E-state index contributed by atoms with van der Waals surface area (Å²) in [6.45, 7) is 2.13. The minimum absolute atomic E-state index is 0.0998. The van der Waals surface area contributed by atoms with Gasteiger partial charge < -0.3 is 14.6 Å². The lowest BCUT2D eigenvalue weighted by atomic mass is 9.92. The lowest BCUT2D eigenvalue weighted by Gasteiger charge is -2.29. The minimum atomic E-state index is -0.492. The Balaban J connectivity index is 2.31. The van der Waals surface area contributed by atoms with E-state index < -0.39 is 6.10 Å². The van der Waals surface area contributed by atoms with Crippen LogP contribution < -0.4 is 9.47 Å². The highest BCUT2D eigenvalue weighted by Gasteiger charge is 2.38. The van der Waals surface area contributed by atoms with Crippen LogP contribution in [0.2, 0.25) is 0 Å². The van der Waals surface area contributed by atoms with E-state index in [9.17, 15) is 5.11 Å². The van der Waals surface area contributed by atoms with Gasteiger partial charge in [-0.25, -0.2) is 0 Å². The van der Waals surface area contributed by atoms with Crippen LogP contribution in [0.15, 0.2) is 18.2 Å². The Morgan fingerprint density at radius 3 is 2.28 bits per heavy atom. The topological polar surface area (TPSA) is 38.7 Å². The third-order valence-electron chi connectivity index (χ3n) is 3.52. The van der Waals surface area contributed by atoms with Gasteiger partial charge in [-0.15, -0.1) is 0 Å². The maximum Gasteiger partial charge on any atom is 0.122 e. The molecular weight excluding hydrogens is 248 g/mol. The summed E-state index contributed by atoms with van der Waals surface area (Å²) in [5, 5.41) is 10.6. The van der Waals surface area contributed by atoms with Crippen molar-refractivity contribution in [3.05, 3.63) is 23.8 Å². The monoisotopic (exact) mass is 268 g/mol.